The monoisotopic (exact) mass is 354 g/mol. The standard InChI is InChI=1S/C20H19ClN2O2/c21-18-9-5-4-8-17(18)19-11-10-16(25-19)12-14(13-22)20(24)23-15-6-2-1-3-7-15/h4-5,8-12,15H,1-3,6-7H2,(H,23,24). The molecule has 5 heteroatoms. The molecular formula is C20H19ClN2O2. The Morgan fingerprint density at radius 3 is 2.68 bits per heavy atom. The fourth-order valence-electron chi connectivity index (χ4n) is 3.04. The third kappa shape index (κ3) is 4.32. The lowest BCUT2D eigenvalue weighted by atomic mass is 9.95. The van der Waals surface area contributed by atoms with Gasteiger partial charge < -0.3 is 9.73 Å². The Balaban J connectivity index is 1.75. The molecule has 1 fully saturated rings. The Morgan fingerprint density at radius 1 is 1.20 bits per heavy atom. The number of hydrogen-bond donors (Lipinski definition) is 1. The summed E-state index contributed by atoms with van der Waals surface area (Å²) < 4.78 is 5.73. The van der Waals surface area contributed by atoms with Crippen LogP contribution in [0.3, 0.4) is 0 Å². The van der Waals surface area contributed by atoms with Gasteiger partial charge in [0.1, 0.15) is 23.2 Å². The second-order valence-corrected chi connectivity index (χ2v) is 6.57. The molecule has 1 aromatic carbocycles. The molecule has 1 aliphatic rings. The van der Waals surface area contributed by atoms with Gasteiger partial charge >= 0.3 is 0 Å². The molecule has 128 valence electrons. The summed E-state index contributed by atoms with van der Waals surface area (Å²) in [4.78, 5) is 12.3. The highest BCUT2D eigenvalue weighted by Crippen LogP contribution is 2.29. The molecule has 0 radical (unpaired) electrons. The number of hydrogen-bond acceptors (Lipinski definition) is 3. The van der Waals surface area contributed by atoms with E-state index in [1.807, 2.05) is 24.3 Å². The molecule has 3 rings (SSSR count). The Hall–Kier alpha value is -2.51. The minimum absolute atomic E-state index is 0.0469. The topological polar surface area (TPSA) is 66.0 Å². The van der Waals surface area contributed by atoms with Gasteiger partial charge in [0.15, 0.2) is 0 Å². The van der Waals surface area contributed by atoms with Gasteiger partial charge in [0.2, 0.25) is 0 Å². The first-order valence-electron chi connectivity index (χ1n) is 8.45. The van der Waals surface area contributed by atoms with E-state index >= 15 is 0 Å². The predicted octanol–water partition coefficient (Wildman–Crippen LogP) is 4.96. The van der Waals surface area contributed by atoms with E-state index in [1.165, 1.54) is 12.5 Å². The summed E-state index contributed by atoms with van der Waals surface area (Å²) in [6, 6.07) is 13.0. The first-order chi connectivity index (χ1) is 12.2. The third-order valence-corrected chi connectivity index (χ3v) is 4.69. The lowest BCUT2D eigenvalue weighted by molar-refractivity contribution is -0.117. The second-order valence-electron chi connectivity index (χ2n) is 6.16. The van der Waals surface area contributed by atoms with Crippen LogP contribution in [0, 0.1) is 11.3 Å². The maximum Gasteiger partial charge on any atom is 0.262 e. The Morgan fingerprint density at radius 2 is 1.96 bits per heavy atom. The molecule has 1 N–H and O–H groups in total. The van der Waals surface area contributed by atoms with Crippen molar-refractivity contribution < 1.29 is 9.21 Å². The van der Waals surface area contributed by atoms with E-state index in [2.05, 4.69) is 5.32 Å². The van der Waals surface area contributed by atoms with Crippen LogP contribution in [0.25, 0.3) is 17.4 Å². The number of carbonyl (C=O) groups is 1. The second kappa shape index (κ2) is 8.04. The van der Waals surface area contributed by atoms with Gasteiger partial charge in [0.05, 0.1) is 5.02 Å². The number of furan rings is 1. The Kier molecular flexibility index (Phi) is 5.57. The first kappa shape index (κ1) is 17.3. The van der Waals surface area contributed by atoms with Crippen molar-refractivity contribution in [3.63, 3.8) is 0 Å². The van der Waals surface area contributed by atoms with Crippen LogP contribution in [0.5, 0.6) is 0 Å². The van der Waals surface area contributed by atoms with Crippen LogP contribution in [0.15, 0.2) is 46.4 Å². The van der Waals surface area contributed by atoms with Gasteiger partial charge in [-0.2, -0.15) is 5.26 Å². The van der Waals surface area contributed by atoms with Gasteiger partial charge in [0, 0.05) is 17.7 Å². The number of nitrogens with zero attached hydrogens (tertiary/aromatic N) is 1. The smallest absolute Gasteiger partial charge is 0.262 e. The van der Waals surface area contributed by atoms with Gasteiger partial charge in [-0.15, -0.1) is 0 Å². The molecule has 4 nitrogen and oxygen atoms in total. The van der Waals surface area contributed by atoms with Crippen LogP contribution in [-0.4, -0.2) is 11.9 Å². The van der Waals surface area contributed by atoms with Crippen LogP contribution in [0.4, 0.5) is 0 Å². The van der Waals surface area contributed by atoms with E-state index in [0.717, 1.165) is 31.2 Å². The van der Waals surface area contributed by atoms with Crippen molar-refractivity contribution in [2.24, 2.45) is 0 Å². The molecule has 0 bridgehead atoms. The van der Waals surface area contributed by atoms with Crippen LogP contribution in [0.2, 0.25) is 5.02 Å². The molecular weight excluding hydrogens is 336 g/mol. The summed E-state index contributed by atoms with van der Waals surface area (Å²) in [5, 5.41) is 12.8. The van der Waals surface area contributed by atoms with Crippen molar-refractivity contribution in [2.75, 3.05) is 0 Å². The summed E-state index contributed by atoms with van der Waals surface area (Å²) in [6.45, 7) is 0. The molecule has 1 heterocycles. The minimum atomic E-state index is -0.343. The number of amides is 1. The fourth-order valence-corrected chi connectivity index (χ4v) is 3.27. The SMILES string of the molecule is N#CC(=Cc1ccc(-c2ccccc2Cl)o1)C(=O)NC1CCCCC1. The number of benzene rings is 1. The van der Waals surface area contributed by atoms with Gasteiger partial charge in [0.25, 0.3) is 5.91 Å². The zero-order valence-electron chi connectivity index (χ0n) is 13.8. The normalized spacial score (nSPS) is 15.6. The van der Waals surface area contributed by atoms with Gasteiger partial charge in [-0.05, 0) is 37.1 Å². The summed E-state index contributed by atoms with van der Waals surface area (Å²) in [7, 11) is 0. The van der Waals surface area contributed by atoms with Crippen molar-refractivity contribution in [3.05, 3.63) is 52.8 Å². The third-order valence-electron chi connectivity index (χ3n) is 4.36. The summed E-state index contributed by atoms with van der Waals surface area (Å²) in [5.41, 5.74) is 0.819. The van der Waals surface area contributed by atoms with Crippen molar-refractivity contribution >= 4 is 23.6 Å². The zero-order chi connectivity index (χ0) is 17.6. The van der Waals surface area contributed by atoms with Gasteiger partial charge in [-0.1, -0.05) is 43.0 Å². The summed E-state index contributed by atoms with van der Waals surface area (Å²) in [5.74, 6) is 0.706. The number of nitriles is 1. The molecule has 0 aliphatic heterocycles. The number of halogens is 1. The van der Waals surface area contributed by atoms with Crippen LogP contribution in [-0.2, 0) is 4.79 Å². The first-order valence-corrected chi connectivity index (χ1v) is 8.82. The molecule has 0 saturated heterocycles. The average molecular weight is 355 g/mol. The maximum absolute atomic E-state index is 12.3. The van der Waals surface area contributed by atoms with E-state index in [9.17, 15) is 10.1 Å². The zero-order valence-corrected chi connectivity index (χ0v) is 14.6. The fraction of sp³-hybridized carbons (Fsp3) is 0.300. The lowest BCUT2D eigenvalue weighted by Gasteiger charge is -2.22. The average Bonchev–Trinajstić information content (AvgIpc) is 3.09. The van der Waals surface area contributed by atoms with E-state index in [0.29, 0.717) is 16.5 Å². The number of rotatable bonds is 4. The molecule has 1 aliphatic carbocycles. The molecule has 0 atom stereocenters. The van der Waals surface area contributed by atoms with E-state index < -0.39 is 0 Å². The number of carbonyl (C=O) groups excluding carboxylic acids is 1. The van der Waals surface area contributed by atoms with Crippen LogP contribution in [0.1, 0.15) is 37.9 Å². The van der Waals surface area contributed by atoms with Gasteiger partial charge in [-0.3, -0.25) is 4.79 Å². The summed E-state index contributed by atoms with van der Waals surface area (Å²) >= 11 is 6.17. The van der Waals surface area contributed by atoms with Crippen molar-refractivity contribution in [1.29, 1.82) is 5.26 Å². The van der Waals surface area contributed by atoms with E-state index in [4.69, 9.17) is 16.0 Å². The molecule has 2 aromatic rings. The Bertz CT molecular complexity index is 826. The Labute approximate surface area is 152 Å². The molecule has 0 spiro atoms. The predicted molar refractivity (Wildman–Crippen MR) is 97.8 cm³/mol. The number of nitrogens with one attached hydrogen (secondary N) is 1. The largest absolute Gasteiger partial charge is 0.457 e. The van der Waals surface area contributed by atoms with Crippen molar-refractivity contribution in [2.45, 2.75) is 38.1 Å². The van der Waals surface area contributed by atoms with Crippen molar-refractivity contribution in [1.82, 2.24) is 5.32 Å². The van der Waals surface area contributed by atoms with E-state index in [1.54, 1.807) is 18.2 Å². The minimum Gasteiger partial charge on any atom is -0.457 e. The molecule has 1 saturated carbocycles. The molecule has 0 unspecified atom stereocenters. The van der Waals surface area contributed by atoms with Gasteiger partial charge in [-0.25, -0.2) is 0 Å². The highest BCUT2D eigenvalue weighted by Gasteiger charge is 2.18. The summed E-state index contributed by atoms with van der Waals surface area (Å²) in [6.07, 6.45) is 6.87. The molecule has 1 amide bonds. The highest BCUT2D eigenvalue weighted by molar-refractivity contribution is 6.33. The lowest BCUT2D eigenvalue weighted by Crippen LogP contribution is -2.36. The quantitative estimate of drug-likeness (QED) is 0.623. The van der Waals surface area contributed by atoms with Crippen LogP contribution >= 0.6 is 11.6 Å². The molecule has 1 aromatic heterocycles. The molecule has 25 heavy (non-hydrogen) atoms. The van der Waals surface area contributed by atoms with Crippen LogP contribution < -0.4 is 5.32 Å². The highest BCUT2D eigenvalue weighted by atomic mass is 35.5. The van der Waals surface area contributed by atoms with E-state index in [-0.39, 0.29) is 17.5 Å². The van der Waals surface area contributed by atoms with Crippen molar-refractivity contribution in [3.8, 4) is 17.4 Å². The maximum atomic E-state index is 12.3.